The predicted molar refractivity (Wildman–Crippen MR) is 104 cm³/mol. The minimum atomic E-state index is -0.587. The molecule has 4 rings (SSSR count). The second kappa shape index (κ2) is 8.78. The molecule has 156 valence electrons. The van der Waals surface area contributed by atoms with Gasteiger partial charge in [0.25, 0.3) is 5.91 Å². The molecule has 0 unspecified atom stereocenters. The zero-order valence-corrected chi connectivity index (χ0v) is 16.0. The second-order valence-electron chi connectivity index (χ2n) is 6.83. The van der Waals surface area contributed by atoms with Gasteiger partial charge in [-0.05, 0) is 42.3 Å². The van der Waals surface area contributed by atoms with Gasteiger partial charge in [-0.1, -0.05) is 29.8 Å². The van der Waals surface area contributed by atoms with Crippen LogP contribution in [0.4, 0.5) is 10.2 Å². The molecule has 0 saturated carbocycles. The van der Waals surface area contributed by atoms with Crippen LogP contribution in [-0.2, 0) is 6.54 Å². The number of carbonyl (C=O) groups excluding carboxylic acids is 1. The van der Waals surface area contributed by atoms with Crippen molar-refractivity contribution in [3.05, 3.63) is 47.0 Å². The van der Waals surface area contributed by atoms with E-state index in [4.69, 9.17) is 5.73 Å². The molecule has 0 bridgehead atoms. The van der Waals surface area contributed by atoms with Crippen LogP contribution in [0.5, 0.6) is 0 Å². The average Bonchev–Trinajstić information content (AvgIpc) is 3.36. The van der Waals surface area contributed by atoms with Crippen LogP contribution in [0.15, 0.2) is 34.0 Å². The molecule has 3 heterocycles. The predicted octanol–water partition coefficient (Wildman–Crippen LogP) is 1.12. The molecular weight excluding hydrogens is 393 g/mol. The molecule has 0 radical (unpaired) electrons. The number of nitrogen functional groups attached to an aromatic ring is 1. The van der Waals surface area contributed by atoms with Crippen LogP contribution in [0.1, 0.15) is 41.0 Å². The monoisotopic (exact) mass is 413 g/mol. The summed E-state index contributed by atoms with van der Waals surface area (Å²) in [5, 5.41) is 19.1. The van der Waals surface area contributed by atoms with Crippen molar-refractivity contribution in [2.45, 2.75) is 25.8 Å². The van der Waals surface area contributed by atoms with E-state index in [1.165, 1.54) is 23.4 Å². The molecule has 1 saturated heterocycles. The number of anilines is 1. The zero-order valence-electron chi connectivity index (χ0n) is 16.0. The Kier molecular flexibility index (Phi) is 5.75. The van der Waals surface area contributed by atoms with Crippen LogP contribution in [0.2, 0.25) is 0 Å². The minimum absolute atomic E-state index is 0.0318. The van der Waals surface area contributed by atoms with Gasteiger partial charge in [-0.15, -0.1) is 5.10 Å². The first kappa shape index (κ1) is 19.6. The van der Waals surface area contributed by atoms with Gasteiger partial charge < -0.3 is 5.73 Å². The lowest BCUT2D eigenvalue weighted by Gasteiger charge is -2.26. The summed E-state index contributed by atoms with van der Waals surface area (Å²) in [7, 11) is 0. The van der Waals surface area contributed by atoms with Gasteiger partial charge in [0, 0.05) is 12.1 Å². The SMILES string of the molecule is Nc1nonc1-n1nnc(C(=O)N/N=C\c2ccccc2F)c1CN1CCCCC1. The highest BCUT2D eigenvalue weighted by Gasteiger charge is 2.26. The fourth-order valence-electron chi connectivity index (χ4n) is 3.25. The van der Waals surface area contributed by atoms with Crippen molar-refractivity contribution in [3.63, 3.8) is 0 Å². The maximum absolute atomic E-state index is 13.7. The molecule has 1 aliphatic rings. The second-order valence-corrected chi connectivity index (χ2v) is 6.83. The van der Waals surface area contributed by atoms with Gasteiger partial charge in [0.15, 0.2) is 5.69 Å². The smallest absolute Gasteiger partial charge is 0.293 e. The molecule has 0 atom stereocenters. The molecule has 0 aliphatic carbocycles. The van der Waals surface area contributed by atoms with Crippen molar-refractivity contribution in [3.8, 4) is 5.82 Å². The van der Waals surface area contributed by atoms with E-state index in [1.54, 1.807) is 18.2 Å². The highest BCUT2D eigenvalue weighted by molar-refractivity contribution is 5.94. The van der Waals surface area contributed by atoms with Gasteiger partial charge in [0.05, 0.1) is 11.9 Å². The Morgan fingerprint density at radius 3 is 2.80 bits per heavy atom. The van der Waals surface area contributed by atoms with Crippen molar-refractivity contribution in [2.75, 3.05) is 18.8 Å². The van der Waals surface area contributed by atoms with Crippen LogP contribution >= 0.6 is 0 Å². The molecule has 2 aromatic heterocycles. The van der Waals surface area contributed by atoms with Gasteiger partial charge >= 0.3 is 0 Å². The number of aromatic nitrogens is 5. The summed E-state index contributed by atoms with van der Waals surface area (Å²) < 4.78 is 19.7. The number of rotatable bonds is 6. The molecule has 30 heavy (non-hydrogen) atoms. The fourth-order valence-corrected chi connectivity index (χ4v) is 3.25. The van der Waals surface area contributed by atoms with Gasteiger partial charge in [0.2, 0.25) is 11.6 Å². The molecule has 1 amide bonds. The topological polar surface area (TPSA) is 140 Å². The van der Waals surface area contributed by atoms with Gasteiger partial charge in [-0.25, -0.2) is 14.4 Å². The fraction of sp³-hybridized carbons (Fsp3) is 0.333. The largest absolute Gasteiger partial charge is 0.378 e. The molecule has 3 N–H and O–H groups in total. The number of hydrogen-bond donors (Lipinski definition) is 2. The maximum Gasteiger partial charge on any atom is 0.293 e. The molecule has 0 spiro atoms. The summed E-state index contributed by atoms with van der Waals surface area (Å²) in [5.41, 5.74) is 8.95. The van der Waals surface area contributed by atoms with Crippen molar-refractivity contribution in [1.29, 1.82) is 0 Å². The molecule has 1 fully saturated rings. The number of piperidine rings is 1. The van der Waals surface area contributed by atoms with Crippen LogP contribution in [0.3, 0.4) is 0 Å². The van der Waals surface area contributed by atoms with E-state index < -0.39 is 11.7 Å². The quantitative estimate of drug-likeness (QED) is 0.452. The molecule has 1 aliphatic heterocycles. The lowest BCUT2D eigenvalue weighted by molar-refractivity contribution is 0.0947. The number of hydrogen-bond acceptors (Lipinski definition) is 9. The van der Waals surface area contributed by atoms with Crippen LogP contribution in [0, 0.1) is 5.82 Å². The van der Waals surface area contributed by atoms with Crippen LogP contribution in [0.25, 0.3) is 5.82 Å². The van der Waals surface area contributed by atoms with Crippen molar-refractivity contribution in [1.82, 2.24) is 35.6 Å². The number of carbonyl (C=O) groups is 1. The average molecular weight is 413 g/mol. The van der Waals surface area contributed by atoms with Crippen molar-refractivity contribution >= 4 is 17.9 Å². The van der Waals surface area contributed by atoms with E-state index in [0.29, 0.717) is 12.2 Å². The van der Waals surface area contributed by atoms with E-state index in [2.05, 4.69) is 40.7 Å². The maximum atomic E-state index is 13.7. The summed E-state index contributed by atoms with van der Waals surface area (Å²) in [4.78, 5) is 14.9. The summed E-state index contributed by atoms with van der Waals surface area (Å²) in [6.07, 6.45) is 4.54. The van der Waals surface area contributed by atoms with Crippen molar-refractivity contribution < 1.29 is 13.8 Å². The van der Waals surface area contributed by atoms with E-state index in [1.807, 2.05) is 0 Å². The summed E-state index contributed by atoms with van der Waals surface area (Å²) in [5.74, 6) is -0.843. The Morgan fingerprint density at radius 1 is 1.27 bits per heavy atom. The number of likely N-dealkylation sites (tertiary alicyclic amines) is 1. The molecule has 11 nitrogen and oxygen atoms in total. The highest BCUT2D eigenvalue weighted by Crippen LogP contribution is 2.19. The Bertz CT molecular complexity index is 1060. The number of nitrogens with zero attached hydrogens (tertiary/aromatic N) is 7. The Hall–Kier alpha value is -3.67. The highest BCUT2D eigenvalue weighted by atomic mass is 19.1. The number of halogens is 1. The third-order valence-corrected chi connectivity index (χ3v) is 4.77. The van der Waals surface area contributed by atoms with Crippen LogP contribution in [-0.4, -0.2) is 55.4 Å². The summed E-state index contributed by atoms with van der Waals surface area (Å²) >= 11 is 0. The molecule has 12 heteroatoms. The normalized spacial score (nSPS) is 15.0. The van der Waals surface area contributed by atoms with Gasteiger partial charge in [-0.3, -0.25) is 9.69 Å². The summed E-state index contributed by atoms with van der Waals surface area (Å²) in [6.45, 7) is 2.20. The number of amides is 1. The Balaban J connectivity index is 1.58. The lowest BCUT2D eigenvalue weighted by Crippen LogP contribution is -2.31. The first-order valence-corrected chi connectivity index (χ1v) is 9.47. The standard InChI is InChI=1S/C18H20FN9O2/c19-13-7-3-2-6-12(13)10-21-23-18(29)15-14(11-27-8-4-1-5-9-27)28(26-22-15)17-16(20)24-30-25-17/h2-3,6-7,10H,1,4-5,8-9,11H2,(H2,20,24)(H,23,29)/b21-10-. The van der Waals surface area contributed by atoms with E-state index in [-0.39, 0.29) is 22.9 Å². The van der Waals surface area contributed by atoms with E-state index in [0.717, 1.165) is 25.9 Å². The molecule has 1 aromatic carbocycles. The minimum Gasteiger partial charge on any atom is -0.378 e. The van der Waals surface area contributed by atoms with E-state index in [9.17, 15) is 9.18 Å². The molecule has 3 aromatic rings. The number of nitrogens with two attached hydrogens (primary N) is 1. The molecular formula is C18H20FN9O2. The first-order chi connectivity index (χ1) is 14.6. The lowest BCUT2D eigenvalue weighted by atomic mass is 10.1. The van der Waals surface area contributed by atoms with E-state index >= 15 is 0 Å². The Labute approximate surface area is 170 Å². The number of hydrazone groups is 1. The Morgan fingerprint density at radius 2 is 2.07 bits per heavy atom. The third-order valence-electron chi connectivity index (χ3n) is 4.77. The van der Waals surface area contributed by atoms with Gasteiger partial charge in [0.1, 0.15) is 5.82 Å². The first-order valence-electron chi connectivity index (χ1n) is 9.47. The number of benzene rings is 1. The van der Waals surface area contributed by atoms with Crippen molar-refractivity contribution in [2.24, 2.45) is 5.10 Å². The third kappa shape index (κ3) is 4.17. The van der Waals surface area contributed by atoms with Crippen LogP contribution < -0.4 is 11.2 Å². The zero-order chi connectivity index (χ0) is 20.9. The number of nitrogens with one attached hydrogen (secondary N) is 1. The summed E-state index contributed by atoms with van der Waals surface area (Å²) in [6, 6.07) is 6.09. The van der Waals surface area contributed by atoms with Gasteiger partial charge in [-0.2, -0.15) is 9.78 Å².